The second kappa shape index (κ2) is 6.61. The fourth-order valence-electron chi connectivity index (χ4n) is 2.65. The van der Waals surface area contributed by atoms with Crippen molar-refractivity contribution in [3.63, 3.8) is 0 Å². The van der Waals surface area contributed by atoms with E-state index < -0.39 is 0 Å². The largest absolute Gasteiger partial charge is 0.489 e. The van der Waals surface area contributed by atoms with E-state index in [0.717, 1.165) is 17.7 Å². The van der Waals surface area contributed by atoms with Gasteiger partial charge < -0.3 is 14.8 Å². The van der Waals surface area contributed by atoms with Gasteiger partial charge in [-0.15, -0.1) is 11.3 Å². The molecule has 126 valence electrons. The SMILES string of the molecule is O=C(Cc1cc(Cl)c2c(c1)OCCCO2)Nc1nc(C2CC2)cs1. The first-order valence-corrected chi connectivity index (χ1v) is 9.28. The second-order valence-corrected chi connectivity index (χ2v) is 7.30. The monoisotopic (exact) mass is 364 g/mol. The predicted octanol–water partition coefficient (Wildman–Crippen LogP) is 4.02. The lowest BCUT2D eigenvalue weighted by atomic mass is 10.1. The molecule has 2 aliphatic rings. The van der Waals surface area contributed by atoms with Gasteiger partial charge in [0, 0.05) is 17.7 Å². The normalized spacial score (nSPS) is 16.5. The summed E-state index contributed by atoms with van der Waals surface area (Å²) in [6.07, 6.45) is 3.43. The molecule has 1 aromatic heterocycles. The predicted molar refractivity (Wildman–Crippen MR) is 93.5 cm³/mol. The van der Waals surface area contributed by atoms with E-state index in [1.165, 1.54) is 24.2 Å². The smallest absolute Gasteiger partial charge is 0.230 e. The van der Waals surface area contributed by atoms with Crippen LogP contribution >= 0.6 is 22.9 Å². The van der Waals surface area contributed by atoms with Gasteiger partial charge in [-0.2, -0.15) is 0 Å². The molecule has 1 N–H and O–H groups in total. The Kier molecular flexibility index (Phi) is 4.33. The van der Waals surface area contributed by atoms with E-state index in [2.05, 4.69) is 10.3 Å². The van der Waals surface area contributed by atoms with E-state index in [1.807, 2.05) is 11.4 Å². The van der Waals surface area contributed by atoms with Crippen LogP contribution in [0.4, 0.5) is 5.13 Å². The Balaban J connectivity index is 1.44. The van der Waals surface area contributed by atoms with Gasteiger partial charge in [-0.25, -0.2) is 4.98 Å². The number of carbonyl (C=O) groups is 1. The molecule has 0 atom stereocenters. The molecule has 0 bridgehead atoms. The zero-order chi connectivity index (χ0) is 16.5. The van der Waals surface area contributed by atoms with Gasteiger partial charge in [0.25, 0.3) is 0 Å². The average molecular weight is 365 g/mol. The maximum atomic E-state index is 12.3. The number of amides is 1. The highest BCUT2D eigenvalue weighted by Gasteiger charge is 2.26. The van der Waals surface area contributed by atoms with Gasteiger partial charge in [0.15, 0.2) is 16.6 Å². The van der Waals surface area contributed by atoms with E-state index in [4.69, 9.17) is 21.1 Å². The number of nitrogens with one attached hydrogen (secondary N) is 1. The number of halogens is 1. The summed E-state index contributed by atoms with van der Waals surface area (Å²) in [6.45, 7) is 1.17. The minimum atomic E-state index is -0.114. The summed E-state index contributed by atoms with van der Waals surface area (Å²) in [5.41, 5.74) is 1.88. The van der Waals surface area contributed by atoms with Gasteiger partial charge in [-0.1, -0.05) is 11.6 Å². The standard InChI is InChI=1S/C17H17ClN2O3S/c18-12-6-10(7-14-16(12)23-5-1-4-22-14)8-15(21)20-17-19-13(9-24-17)11-2-3-11/h6-7,9,11H,1-5,8H2,(H,19,20,21). The van der Waals surface area contributed by atoms with Crippen LogP contribution < -0.4 is 14.8 Å². The molecule has 5 nitrogen and oxygen atoms in total. The van der Waals surface area contributed by atoms with E-state index in [9.17, 15) is 4.79 Å². The Morgan fingerprint density at radius 3 is 3.00 bits per heavy atom. The average Bonchev–Trinajstić information content (AvgIpc) is 3.32. The Labute approximate surface area is 148 Å². The lowest BCUT2D eigenvalue weighted by molar-refractivity contribution is -0.115. The van der Waals surface area contributed by atoms with Crippen molar-refractivity contribution in [1.29, 1.82) is 0 Å². The topological polar surface area (TPSA) is 60.5 Å². The van der Waals surface area contributed by atoms with Crippen molar-refractivity contribution in [2.24, 2.45) is 0 Å². The van der Waals surface area contributed by atoms with Crippen LogP contribution in [0.5, 0.6) is 11.5 Å². The summed E-state index contributed by atoms with van der Waals surface area (Å²) in [6, 6.07) is 3.58. The van der Waals surface area contributed by atoms with E-state index >= 15 is 0 Å². The van der Waals surface area contributed by atoms with Gasteiger partial charge in [0.2, 0.25) is 5.91 Å². The van der Waals surface area contributed by atoms with Crippen LogP contribution in [-0.4, -0.2) is 24.1 Å². The van der Waals surface area contributed by atoms with Gasteiger partial charge in [-0.3, -0.25) is 4.79 Å². The van der Waals surface area contributed by atoms with Gasteiger partial charge in [0.1, 0.15) is 0 Å². The molecule has 7 heteroatoms. The quantitative estimate of drug-likeness (QED) is 0.890. The number of thiazole rings is 1. The summed E-state index contributed by atoms with van der Waals surface area (Å²) in [7, 11) is 0. The van der Waals surface area contributed by atoms with Crippen LogP contribution in [0.1, 0.15) is 36.4 Å². The molecule has 1 fully saturated rings. The van der Waals surface area contributed by atoms with E-state index in [0.29, 0.717) is 40.8 Å². The molecule has 0 radical (unpaired) electrons. The Morgan fingerprint density at radius 2 is 2.17 bits per heavy atom. The molecule has 0 unspecified atom stereocenters. The first-order chi connectivity index (χ1) is 11.7. The highest BCUT2D eigenvalue weighted by molar-refractivity contribution is 7.13. The highest BCUT2D eigenvalue weighted by Crippen LogP contribution is 2.41. The Hall–Kier alpha value is -1.79. The van der Waals surface area contributed by atoms with Crippen LogP contribution in [0.2, 0.25) is 5.02 Å². The third kappa shape index (κ3) is 3.49. The highest BCUT2D eigenvalue weighted by atomic mass is 35.5. The molecule has 1 saturated carbocycles. The fourth-order valence-corrected chi connectivity index (χ4v) is 3.74. The number of carbonyl (C=O) groups excluding carboxylic acids is 1. The van der Waals surface area contributed by atoms with Gasteiger partial charge in [-0.05, 0) is 30.5 Å². The Bertz CT molecular complexity index is 773. The molecule has 1 aliphatic heterocycles. The Morgan fingerprint density at radius 1 is 1.33 bits per heavy atom. The lowest BCUT2D eigenvalue weighted by Crippen LogP contribution is -2.14. The van der Waals surface area contributed by atoms with E-state index in [-0.39, 0.29) is 12.3 Å². The molecule has 1 amide bonds. The van der Waals surface area contributed by atoms with Crippen LogP contribution in [0.3, 0.4) is 0 Å². The zero-order valence-corrected chi connectivity index (χ0v) is 14.6. The van der Waals surface area contributed by atoms with Gasteiger partial charge >= 0.3 is 0 Å². The van der Waals surface area contributed by atoms with Crippen LogP contribution in [0.15, 0.2) is 17.5 Å². The van der Waals surface area contributed by atoms with Gasteiger partial charge in [0.05, 0.1) is 30.4 Å². The minimum absolute atomic E-state index is 0.114. The molecule has 0 saturated heterocycles. The number of hydrogen-bond donors (Lipinski definition) is 1. The van der Waals surface area contributed by atoms with Crippen molar-refractivity contribution in [2.45, 2.75) is 31.6 Å². The number of fused-ring (bicyclic) bond motifs is 1. The zero-order valence-electron chi connectivity index (χ0n) is 13.0. The molecule has 24 heavy (non-hydrogen) atoms. The maximum Gasteiger partial charge on any atom is 0.230 e. The molecule has 2 aromatic rings. The molecular formula is C17H17ClN2O3S. The second-order valence-electron chi connectivity index (χ2n) is 6.03. The van der Waals surface area contributed by atoms with Crippen molar-refractivity contribution < 1.29 is 14.3 Å². The third-order valence-electron chi connectivity index (χ3n) is 3.99. The number of anilines is 1. The molecule has 2 heterocycles. The van der Waals surface area contributed by atoms with Crippen molar-refractivity contribution in [2.75, 3.05) is 18.5 Å². The molecular weight excluding hydrogens is 348 g/mol. The molecule has 1 aliphatic carbocycles. The summed E-state index contributed by atoms with van der Waals surface area (Å²) < 4.78 is 11.3. The van der Waals surface area contributed by atoms with Crippen LogP contribution in [-0.2, 0) is 11.2 Å². The molecule has 1 aromatic carbocycles. The van der Waals surface area contributed by atoms with Crippen molar-refractivity contribution in [3.05, 3.63) is 33.8 Å². The number of nitrogens with zero attached hydrogens (tertiary/aromatic N) is 1. The van der Waals surface area contributed by atoms with E-state index in [1.54, 1.807) is 6.07 Å². The summed E-state index contributed by atoms with van der Waals surface area (Å²) in [5, 5.41) is 6.01. The number of aromatic nitrogens is 1. The minimum Gasteiger partial charge on any atom is -0.489 e. The number of rotatable bonds is 4. The number of ether oxygens (including phenoxy) is 2. The number of hydrogen-bond acceptors (Lipinski definition) is 5. The summed E-state index contributed by atoms with van der Waals surface area (Å²) in [4.78, 5) is 16.7. The third-order valence-corrected chi connectivity index (χ3v) is 5.05. The van der Waals surface area contributed by atoms with Crippen molar-refractivity contribution >= 4 is 34.0 Å². The summed E-state index contributed by atoms with van der Waals surface area (Å²) >= 11 is 7.73. The van der Waals surface area contributed by atoms with Crippen LogP contribution in [0.25, 0.3) is 0 Å². The molecule has 0 spiro atoms. The number of benzene rings is 1. The van der Waals surface area contributed by atoms with Crippen molar-refractivity contribution in [3.8, 4) is 11.5 Å². The fraction of sp³-hybridized carbons (Fsp3) is 0.412. The maximum absolute atomic E-state index is 12.3. The molecule has 4 rings (SSSR count). The van der Waals surface area contributed by atoms with Crippen LogP contribution in [0, 0.1) is 0 Å². The first-order valence-electron chi connectivity index (χ1n) is 8.02. The first kappa shape index (κ1) is 15.7. The lowest BCUT2D eigenvalue weighted by Gasteiger charge is -2.11. The van der Waals surface area contributed by atoms with Crippen molar-refractivity contribution in [1.82, 2.24) is 4.98 Å². The summed E-state index contributed by atoms with van der Waals surface area (Å²) in [5.74, 6) is 1.64.